The second kappa shape index (κ2) is 2.32. The topological polar surface area (TPSA) is 0 Å². The molecule has 0 N–H and O–H groups in total. The van der Waals surface area contributed by atoms with E-state index >= 15 is 0 Å². The smallest absolute Gasteiger partial charge is 0 e. The van der Waals surface area contributed by atoms with Gasteiger partial charge in [0.25, 0.3) is 0 Å². The van der Waals surface area contributed by atoms with Crippen molar-refractivity contribution in [3.63, 3.8) is 0 Å². The van der Waals surface area contributed by atoms with Crippen molar-refractivity contribution in [1.29, 1.82) is 0 Å². The van der Waals surface area contributed by atoms with Gasteiger partial charge in [0, 0.05) is 1.43 Å². The Morgan fingerprint density at radius 1 is 1.22 bits per heavy atom. The zero-order chi connectivity index (χ0) is 6.91. The molecule has 0 unspecified atom stereocenters. The summed E-state index contributed by atoms with van der Waals surface area (Å²) in [6, 6.07) is 0. The highest BCUT2D eigenvalue weighted by molar-refractivity contribution is 4.76. The van der Waals surface area contributed by atoms with E-state index in [1.54, 1.807) is 0 Å². The summed E-state index contributed by atoms with van der Waals surface area (Å²) in [6.07, 6.45) is 5.78. The van der Waals surface area contributed by atoms with Crippen LogP contribution in [0.1, 0.15) is 47.9 Å². The first-order valence-electron chi connectivity index (χ1n) is 4.10. The summed E-state index contributed by atoms with van der Waals surface area (Å²) in [5, 5.41) is 0. The van der Waals surface area contributed by atoms with E-state index in [4.69, 9.17) is 0 Å². The fourth-order valence-corrected chi connectivity index (χ4v) is 1.54. The molecule has 0 nitrogen and oxygen atoms in total. The minimum Gasteiger partial charge on any atom is -0.0625 e. The molecule has 0 radical (unpaired) electrons. The molecule has 1 fully saturated rings. The van der Waals surface area contributed by atoms with Gasteiger partial charge in [-0.2, -0.15) is 0 Å². The van der Waals surface area contributed by atoms with Crippen molar-refractivity contribution in [2.75, 3.05) is 0 Å². The molecule has 1 rings (SSSR count). The van der Waals surface area contributed by atoms with Crippen LogP contribution in [-0.2, 0) is 0 Å². The lowest BCUT2D eigenvalue weighted by molar-refractivity contribution is 0.201. The third-order valence-electron chi connectivity index (χ3n) is 2.63. The highest BCUT2D eigenvalue weighted by Crippen LogP contribution is 2.37. The molecule has 0 amide bonds. The third-order valence-corrected chi connectivity index (χ3v) is 2.63. The predicted octanol–water partition coefficient (Wildman–Crippen LogP) is 3.47. The zero-order valence-electron chi connectivity index (χ0n) is 6.91. The van der Waals surface area contributed by atoms with Crippen LogP contribution in [0.2, 0.25) is 0 Å². The molecular weight excluding hydrogens is 108 g/mol. The molecule has 0 bridgehead atoms. The minimum atomic E-state index is 0. The first-order valence-corrected chi connectivity index (χ1v) is 4.10. The quantitative estimate of drug-likeness (QED) is 0.468. The molecule has 0 atom stereocenters. The summed E-state index contributed by atoms with van der Waals surface area (Å²) in [5.41, 5.74) is 0.659. The van der Waals surface area contributed by atoms with Gasteiger partial charge in [-0.25, -0.2) is 0 Å². The standard InChI is InChI=1S/C9H18.H2/c1-8-4-6-9(2,3)7-5-8;/h8H,4-7H2,1-3H3;1H. The molecule has 9 heavy (non-hydrogen) atoms. The fraction of sp³-hybridized carbons (Fsp3) is 1.00. The van der Waals surface area contributed by atoms with Crippen LogP contribution in [0.4, 0.5) is 0 Å². The van der Waals surface area contributed by atoms with Crippen molar-refractivity contribution in [1.82, 2.24) is 0 Å². The van der Waals surface area contributed by atoms with Gasteiger partial charge in [0.05, 0.1) is 0 Å². The van der Waals surface area contributed by atoms with E-state index in [0.717, 1.165) is 5.92 Å². The summed E-state index contributed by atoms with van der Waals surface area (Å²) in [4.78, 5) is 0. The van der Waals surface area contributed by atoms with Gasteiger partial charge >= 0.3 is 0 Å². The first kappa shape index (κ1) is 7.11. The largest absolute Gasteiger partial charge is 0.0625 e. The van der Waals surface area contributed by atoms with Crippen molar-refractivity contribution in [3.05, 3.63) is 0 Å². The van der Waals surface area contributed by atoms with Gasteiger partial charge < -0.3 is 0 Å². The lowest BCUT2D eigenvalue weighted by Gasteiger charge is -2.32. The van der Waals surface area contributed by atoms with Gasteiger partial charge in [-0.1, -0.05) is 33.6 Å². The summed E-state index contributed by atoms with van der Waals surface area (Å²) < 4.78 is 0. The first-order chi connectivity index (χ1) is 4.10. The Hall–Kier alpha value is 0. The van der Waals surface area contributed by atoms with Crippen LogP contribution in [-0.4, -0.2) is 0 Å². The molecule has 0 heterocycles. The van der Waals surface area contributed by atoms with E-state index in [0.29, 0.717) is 5.41 Å². The van der Waals surface area contributed by atoms with Crippen molar-refractivity contribution in [2.45, 2.75) is 46.5 Å². The maximum Gasteiger partial charge on any atom is 0 e. The SMILES string of the molecule is CC1CCC(C)(C)CC1.[HH]. The van der Waals surface area contributed by atoms with E-state index in [1.165, 1.54) is 25.7 Å². The van der Waals surface area contributed by atoms with Crippen LogP contribution in [0.25, 0.3) is 0 Å². The van der Waals surface area contributed by atoms with Crippen molar-refractivity contribution in [2.24, 2.45) is 11.3 Å². The maximum absolute atomic E-state index is 2.39. The Balaban J connectivity index is 0.000000810. The molecule has 0 spiro atoms. The van der Waals surface area contributed by atoms with Crippen molar-refractivity contribution < 1.29 is 1.43 Å². The predicted molar refractivity (Wildman–Crippen MR) is 43.5 cm³/mol. The molecule has 1 aliphatic rings. The third kappa shape index (κ3) is 2.00. The molecule has 0 aliphatic heterocycles. The lowest BCUT2D eigenvalue weighted by atomic mass is 9.74. The Morgan fingerprint density at radius 3 is 2.00 bits per heavy atom. The molecule has 0 heteroatoms. The maximum atomic E-state index is 2.39. The Labute approximate surface area is 60.1 Å². The van der Waals surface area contributed by atoms with Crippen LogP contribution in [0, 0.1) is 11.3 Å². The highest BCUT2D eigenvalue weighted by Gasteiger charge is 2.23. The van der Waals surface area contributed by atoms with Crippen molar-refractivity contribution in [3.8, 4) is 0 Å². The number of hydrogen-bond donors (Lipinski definition) is 0. The zero-order valence-corrected chi connectivity index (χ0v) is 6.91. The van der Waals surface area contributed by atoms with Gasteiger partial charge in [0.2, 0.25) is 0 Å². The second-order valence-corrected chi connectivity index (χ2v) is 4.35. The monoisotopic (exact) mass is 128 g/mol. The van der Waals surface area contributed by atoms with Gasteiger partial charge in [-0.3, -0.25) is 0 Å². The van der Waals surface area contributed by atoms with Gasteiger partial charge in [-0.15, -0.1) is 0 Å². The molecule has 0 aromatic heterocycles. The van der Waals surface area contributed by atoms with Crippen molar-refractivity contribution >= 4 is 0 Å². The Kier molecular flexibility index (Phi) is 1.83. The molecule has 0 saturated heterocycles. The number of rotatable bonds is 0. The van der Waals surface area contributed by atoms with E-state index in [-0.39, 0.29) is 1.43 Å². The fourth-order valence-electron chi connectivity index (χ4n) is 1.54. The Morgan fingerprint density at radius 2 is 1.67 bits per heavy atom. The molecule has 0 aromatic carbocycles. The van der Waals surface area contributed by atoms with Gasteiger partial charge in [-0.05, 0) is 24.2 Å². The normalized spacial score (nSPS) is 28.3. The van der Waals surface area contributed by atoms with Crippen LogP contribution in [0.3, 0.4) is 0 Å². The Bertz CT molecular complexity index is 86.9. The lowest BCUT2D eigenvalue weighted by Crippen LogP contribution is -2.19. The van der Waals surface area contributed by atoms with Gasteiger partial charge in [0.15, 0.2) is 0 Å². The van der Waals surface area contributed by atoms with E-state index in [9.17, 15) is 0 Å². The molecule has 1 aliphatic carbocycles. The van der Waals surface area contributed by atoms with Crippen LogP contribution < -0.4 is 0 Å². The average molecular weight is 128 g/mol. The average Bonchev–Trinajstić information content (AvgIpc) is 1.78. The minimum absolute atomic E-state index is 0. The van der Waals surface area contributed by atoms with E-state index in [2.05, 4.69) is 20.8 Å². The summed E-state index contributed by atoms with van der Waals surface area (Å²) in [6.45, 7) is 7.15. The second-order valence-electron chi connectivity index (χ2n) is 4.35. The van der Waals surface area contributed by atoms with Gasteiger partial charge in [0.1, 0.15) is 0 Å². The molecule has 1 saturated carbocycles. The molecular formula is C9H20. The number of hydrogen-bond acceptors (Lipinski definition) is 0. The van der Waals surface area contributed by atoms with Crippen LogP contribution >= 0.6 is 0 Å². The van der Waals surface area contributed by atoms with E-state index < -0.39 is 0 Å². The highest BCUT2D eigenvalue weighted by atomic mass is 14.3. The van der Waals surface area contributed by atoms with Crippen LogP contribution in [0.15, 0.2) is 0 Å². The summed E-state index contributed by atoms with van der Waals surface area (Å²) in [7, 11) is 0. The molecule has 56 valence electrons. The van der Waals surface area contributed by atoms with E-state index in [1.807, 2.05) is 0 Å². The molecule has 0 aromatic rings. The van der Waals surface area contributed by atoms with Crippen LogP contribution in [0.5, 0.6) is 0 Å². The summed E-state index contributed by atoms with van der Waals surface area (Å²) >= 11 is 0. The summed E-state index contributed by atoms with van der Waals surface area (Å²) in [5.74, 6) is 0.998.